The zero-order valence-corrected chi connectivity index (χ0v) is 15.1. The first-order valence-corrected chi connectivity index (χ1v) is 8.46. The standard InChI is InChI=1S/C20H22N2O4/c1-13(15-12-14(24-2)8-9-17(15)25-3)21-19(23)10-11-20-22-16-6-4-5-7-18(16)26-20/h4-9,12-13H,10-11H2,1-3H3,(H,21,23)/t13-/m0/s1. The first-order chi connectivity index (χ1) is 12.6. The van der Waals surface area contributed by atoms with E-state index in [0.29, 0.717) is 30.2 Å². The minimum atomic E-state index is -0.212. The summed E-state index contributed by atoms with van der Waals surface area (Å²) in [6.07, 6.45) is 0.742. The van der Waals surface area contributed by atoms with Crippen LogP contribution in [0.3, 0.4) is 0 Å². The lowest BCUT2D eigenvalue weighted by molar-refractivity contribution is -0.121. The van der Waals surface area contributed by atoms with Gasteiger partial charge in [-0.3, -0.25) is 4.79 Å². The highest BCUT2D eigenvalue weighted by Gasteiger charge is 2.16. The van der Waals surface area contributed by atoms with Gasteiger partial charge in [-0.2, -0.15) is 0 Å². The largest absolute Gasteiger partial charge is 0.497 e. The summed E-state index contributed by atoms with van der Waals surface area (Å²) in [4.78, 5) is 16.7. The number of aromatic nitrogens is 1. The second-order valence-electron chi connectivity index (χ2n) is 5.97. The number of amides is 1. The summed E-state index contributed by atoms with van der Waals surface area (Å²) >= 11 is 0. The Labute approximate surface area is 152 Å². The molecule has 0 spiro atoms. The van der Waals surface area contributed by atoms with Gasteiger partial charge in [-0.1, -0.05) is 12.1 Å². The van der Waals surface area contributed by atoms with Crippen molar-refractivity contribution in [2.45, 2.75) is 25.8 Å². The van der Waals surface area contributed by atoms with E-state index in [0.717, 1.165) is 16.7 Å². The molecule has 0 fully saturated rings. The van der Waals surface area contributed by atoms with E-state index >= 15 is 0 Å². The highest BCUT2D eigenvalue weighted by atomic mass is 16.5. The lowest BCUT2D eigenvalue weighted by Gasteiger charge is -2.18. The first-order valence-electron chi connectivity index (χ1n) is 8.46. The number of oxazole rings is 1. The Morgan fingerprint density at radius 2 is 2.00 bits per heavy atom. The molecule has 0 aliphatic heterocycles. The van der Waals surface area contributed by atoms with Gasteiger partial charge in [-0.15, -0.1) is 0 Å². The van der Waals surface area contributed by atoms with E-state index in [1.807, 2.05) is 49.4 Å². The van der Waals surface area contributed by atoms with Crippen molar-refractivity contribution in [2.75, 3.05) is 14.2 Å². The van der Waals surface area contributed by atoms with Crippen LogP contribution in [0.1, 0.15) is 30.8 Å². The molecule has 0 aliphatic carbocycles. The van der Waals surface area contributed by atoms with Crippen molar-refractivity contribution in [3.05, 3.63) is 53.9 Å². The van der Waals surface area contributed by atoms with E-state index in [1.54, 1.807) is 14.2 Å². The molecule has 0 aliphatic rings. The van der Waals surface area contributed by atoms with E-state index in [-0.39, 0.29) is 11.9 Å². The zero-order valence-electron chi connectivity index (χ0n) is 15.1. The van der Waals surface area contributed by atoms with Gasteiger partial charge >= 0.3 is 0 Å². The smallest absolute Gasteiger partial charge is 0.220 e. The van der Waals surface area contributed by atoms with Crippen LogP contribution in [0.4, 0.5) is 0 Å². The fourth-order valence-electron chi connectivity index (χ4n) is 2.82. The van der Waals surface area contributed by atoms with Crippen LogP contribution in [-0.4, -0.2) is 25.1 Å². The number of fused-ring (bicyclic) bond motifs is 1. The van der Waals surface area contributed by atoms with Crippen LogP contribution in [0, 0.1) is 0 Å². The summed E-state index contributed by atoms with van der Waals surface area (Å²) in [5, 5.41) is 2.98. The third-order valence-electron chi connectivity index (χ3n) is 4.18. The van der Waals surface area contributed by atoms with Crippen LogP contribution in [0.15, 0.2) is 46.9 Å². The summed E-state index contributed by atoms with van der Waals surface area (Å²) in [5.74, 6) is 1.91. The molecule has 26 heavy (non-hydrogen) atoms. The van der Waals surface area contributed by atoms with E-state index in [2.05, 4.69) is 10.3 Å². The number of carbonyl (C=O) groups is 1. The maximum absolute atomic E-state index is 12.3. The number of hydrogen-bond acceptors (Lipinski definition) is 5. The van der Waals surface area contributed by atoms with Gasteiger partial charge in [0.2, 0.25) is 5.91 Å². The number of benzene rings is 2. The average Bonchev–Trinajstić information content (AvgIpc) is 3.08. The minimum Gasteiger partial charge on any atom is -0.497 e. The number of nitrogens with one attached hydrogen (secondary N) is 1. The number of nitrogens with zero attached hydrogens (tertiary/aromatic N) is 1. The normalized spacial score (nSPS) is 12.0. The fraction of sp³-hybridized carbons (Fsp3) is 0.300. The Morgan fingerprint density at radius 3 is 2.73 bits per heavy atom. The Kier molecular flexibility index (Phi) is 5.41. The summed E-state index contributed by atoms with van der Waals surface area (Å²) in [6, 6.07) is 12.9. The third-order valence-corrected chi connectivity index (χ3v) is 4.18. The molecule has 3 rings (SSSR count). The second-order valence-corrected chi connectivity index (χ2v) is 5.97. The molecule has 1 heterocycles. The lowest BCUT2D eigenvalue weighted by atomic mass is 10.1. The van der Waals surface area contributed by atoms with E-state index in [9.17, 15) is 4.79 Å². The van der Waals surface area contributed by atoms with Crippen molar-refractivity contribution in [1.29, 1.82) is 0 Å². The van der Waals surface area contributed by atoms with Gasteiger partial charge in [0.05, 0.1) is 20.3 Å². The van der Waals surface area contributed by atoms with E-state index in [1.165, 1.54) is 0 Å². The van der Waals surface area contributed by atoms with Gasteiger partial charge in [0.1, 0.15) is 17.0 Å². The molecule has 0 bridgehead atoms. The predicted octanol–water partition coefficient (Wildman–Crippen LogP) is 3.66. The summed E-state index contributed by atoms with van der Waals surface area (Å²) < 4.78 is 16.3. The predicted molar refractivity (Wildman–Crippen MR) is 98.4 cm³/mol. The number of carbonyl (C=O) groups excluding carboxylic acids is 1. The van der Waals surface area contributed by atoms with Gasteiger partial charge in [-0.05, 0) is 37.3 Å². The lowest BCUT2D eigenvalue weighted by Crippen LogP contribution is -2.27. The third kappa shape index (κ3) is 3.96. The van der Waals surface area contributed by atoms with Crippen molar-refractivity contribution in [3.8, 4) is 11.5 Å². The fourth-order valence-corrected chi connectivity index (χ4v) is 2.82. The molecule has 1 amide bonds. The summed E-state index contributed by atoms with van der Waals surface area (Å²) in [7, 11) is 3.21. The molecule has 3 aromatic rings. The topological polar surface area (TPSA) is 73.6 Å². The molecule has 0 radical (unpaired) electrons. The van der Waals surface area contributed by atoms with Crippen LogP contribution in [0.25, 0.3) is 11.1 Å². The molecular weight excluding hydrogens is 332 g/mol. The number of para-hydroxylation sites is 2. The van der Waals surface area contributed by atoms with Gasteiger partial charge in [0, 0.05) is 18.4 Å². The zero-order chi connectivity index (χ0) is 18.5. The van der Waals surface area contributed by atoms with Crippen LogP contribution in [-0.2, 0) is 11.2 Å². The molecule has 1 atom stereocenters. The Morgan fingerprint density at radius 1 is 1.19 bits per heavy atom. The van der Waals surface area contributed by atoms with Gasteiger partial charge < -0.3 is 19.2 Å². The maximum atomic E-state index is 12.3. The Bertz CT molecular complexity index is 871. The molecule has 0 saturated carbocycles. The number of aryl methyl sites for hydroxylation is 1. The van der Waals surface area contributed by atoms with Crippen molar-refractivity contribution >= 4 is 17.0 Å². The van der Waals surface area contributed by atoms with Gasteiger partial charge in [-0.25, -0.2) is 4.98 Å². The Hall–Kier alpha value is -3.02. The average molecular weight is 354 g/mol. The second kappa shape index (κ2) is 7.91. The van der Waals surface area contributed by atoms with Crippen molar-refractivity contribution in [1.82, 2.24) is 10.3 Å². The monoisotopic (exact) mass is 354 g/mol. The molecule has 1 aromatic heterocycles. The number of methoxy groups -OCH3 is 2. The van der Waals surface area contributed by atoms with Crippen molar-refractivity contribution in [3.63, 3.8) is 0 Å². The number of rotatable bonds is 7. The van der Waals surface area contributed by atoms with Crippen molar-refractivity contribution in [2.24, 2.45) is 0 Å². The number of ether oxygens (including phenoxy) is 2. The number of hydrogen-bond donors (Lipinski definition) is 1. The molecule has 0 unspecified atom stereocenters. The van der Waals surface area contributed by atoms with Crippen molar-refractivity contribution < 1.29 is 18.7 Å². The van der Waals surface area contributed by atoms with Crippen LogP contribution in [0.2, 0.25) is 0 Å². The molecule has 6 heteroatoms. The quantitative estimate of drug-likeness (QED) is 0.701. The van der Waals surface area contributed by atoms with E-state index in [4.69, 9.17) is 13.9 Å². The van der Waals surface area contributed by atoms with Gasteiger partial charge in [0.15, 0.2) is 11.5 Å². The molecule has 6 nitrogen and oxygen atoms in total. The SMILES string of the molecule is COc1ccc(OC)c([C@H](C)NC(=O)CCc2nc3ccccc3o2)c1. The molecular formula is C20H22N2O4. The summed E-state index contributed by atoms with van der Waals surface area (Å²) in [5.41, 5.74) is 2.40. The van der Waals surface area contributed by atoms with E-state index < -0.39 is 0 Å². The minimum absolute atomic E-state index is 0.0790. The first kappa shape index (κ1) is 17.8. The molecule has 0 saturated heterocycles. The Balaban J connectivity index is 1.62. The maximum Gasteiger partial charge on any atom is 0.220 e. The molecule has 1 N–H and O–H groups in total. The van der Waals surface area contributed by atoms with Crippen LogP contribution >= 0.6 is 0 Å². The molecule has 136 valence electrons. The highest BCUT2D eigenvalue weighted by Crippen LogP contribution is 2.29. The molecule has 2 aromatic carbocycles. The van der Waals surface area contributed by atoms with Crippen LogP contribution < -0.4 is 14.8 Å². The van der Waals surface area contributed by atoms with Gasteiger partial charge in [0.25, 0.3) is 0 Å². The summed E-state index contributed by atoms with van der Waals surface area (Å²) in [6.45, 7) is 1.91. The highest BCUT2D eigenvalue weighted by molar-refractivity contribution is 5.77. The van der Waals surface area contributed by atoms with Crippen LogP contribution in [0.5, 0.6) is 11.5 Å².